The zero-order valence-electron chi connectivity index (χ0n) is 18.4. The highest BCUT2D eigenvalue weighted by molar-refractivity contribution is 6.46. The van der Waals surface area contributed by atoms with E-state index < -0.39 is 11.8 Å². The van der Waals surface area contributed by atoms with Gasteiger partial charge in [-0.2, -0.15) is 0 Å². The number of carbonyl (C=O) groups is 2. The van der Waals surface area contributed by atoms with Gasteiger partial charge in [-0.05, 0) is 61.4 Å². The van der Waals surface area contributed by atoms with E-state index in [0.29, 0.717) is 34.0 Å². The van der Waals surface area contributed by atoms with Crippen LogP contribution in [0, 0.1) is 13.8 Å². The highest BCUT2D eigenvalue weighted by Crippen LogP contribution is 2.38. The van der Waals surface area contributed by atoms with Crippen LogP contribution in [0.2, 0.25) is 0 Å². The third-order valence-corrected chi connectivity index (χ3v) is 5.36. The van der Waals surface area contributed by atoms with Crippen LogP contribution >= 0.6 is 0 Å². The minimum absolute atomic E-state index is 0.215. The van der Waals surface area contributed by atoms with E-state index >= 15 is 0 Å². The number of nitrogens with zero attached hydrogens (tertiary/aromatic N) is 1. The standard InChI is InChI=1S/C26H24N2O4/c1-16-5-8-18(9-6-16)23-24(27-19-10-12-20(31-3)13-11-19)26(30)28(25(23)29)21-15-17(2)7-14-22(21)32-4/h5-15,27H,1-4H3. The molecule has 0 saturated heterocycles. The van der Waals surface area contributed by atoms with E-state index in [2.05, 4.69) is 5.32 Å². The van der Waals surface area contributed by atoms with Gasteiger partial charge in [-0.3, -0.25) is 9.59 Å². The van der Waals surface area contributed by atoms with Gasteiger partial charge in [0.15, 0.2) is 0 Å². The number of anilines is 2. The first-order valence-electron chi connectivity index (χ1n) is 10.2. The lowest BCUT2D eigenvalue weighted by atomic mass is 10.0. The molecule has 1 heterocycles. The number of ether oxygens (including phenoxy) is 2. The number of amides is 2. The number of benzene rings is 3. The predicted octanol–water partition coefficient (Wildman–Crippen LogP) is 4.72. The zero-order valence-corrected chi connectivity index (χ0v) is 18.4. The van der Waals surface area contributed by atoms with Gasteiger partial charge >= 0.3 is 0 Å². The molecule has 1 N–H and O–H groups in total. The third-order valence-electron chi connectivity index (χ3n) is 5.36. The summed E-state index contributed by atoms with van der Waals surface area (Å²) in [5.41, 5.74) is 4.26. The second-order valence-electron chi connectivity index (χ2n) is 7.59. The second-order valence-corrected chi connectivity index (χ2v) is 7.59. The van der Waals surface area contributed by atoms with E-state index in [9.17, 15) is 9.59 Å². The maximum Gasteiger partial charge on any atom is 0.282 e. The second kappa shape index (κ2) is 8.59. The molecule has 2 amide bonds. The Labute approximate surface area is 187 Å². The SMILES string of the molecule is COc1ccc(NC2=C(c3ccc(C)cc3)C(=O)N(c3cc(C)ccc3OC)C2=O)cc1. The van der Waals surface area contributed by atoms with Crippen molar-refractivity contribution in [2.45, 2.75) is 13.8 Å². The summed E-state index contributed by atoms with van der Waals surface area (Å²) >= 11 is 0. The summed E-state index contributed by atoms with van der Waals surface area (Å²) in [4.78, 5) is 28.4. The molecule has 162 valence electrons. The monoisotopic (exact) mass is 428 g/mol. The first kappa shape index (κ1) is 21.2. The molecule has 0 saturated carbocycles. The van der Waals surface area contributed by atoms with Crippen LogP contribution in [0.5, 0.6) is 11.5 Å². The molecule has 6 nitrogen and oxygen atoms in total. The molecule has 3 aromatic carbocycles. The van der Waals surface area contributed by atoms with Gasteiger partial charge < -0.3 is 14.8 Å². The fourth-order valence-electron chi connectivity index (χ4n) is 3.65. The van der Waals surface area contributed by atoms with Gasteiger partial charge in [0.2, 0.25) is 0 Å². The average Bonchev–Trinajstić information content (AvgIpc) is 3.04. The molecule has 1 aliphatic rings. The molecule has 0 aromatic heterocycles. The molecule has 1 aliphatic heterocycles. The summed E-state index contributed by atoms with van der Waals surface area (Å²) in [6.45, 7) is 3.87. The van der Waals surface area contributed by atoms with Crippen molar-refractivity contribution in [3.05, 3.63) is 89.1 Å². The van der Waals surface area contributed by atoms with Gasteiger partial charge in [-0.25, -0.2) is 4.90 Å². The van der Waals surface area contributed by atoms with Crippen LogP contribution in [0.25, 0.3) is 5.57 Å². The number of imide groups is 1. The summed E-state index contributed by atoms with van der Waals surface area (Å²) in [7, 11) is 3.11. The smallest absolute Gasteiger partial charge is 0.282 e. The van der Waals surface area contributed by atoms with Crippen molar-refractivity contribution in [1.29, 1.82) is 0 Å². The van der Waals surface area contributed by atoms with Gasteiger partial charge in [-0.15, -0.1) is 0 Å². The van der Waals surface area contributed by atoms with E-state index in [1.165, 1.54) is 12.0 Å². The number of nitrogens with one attached hydrogen (secondary N) is 1. The minimum Gasteiger partial charge on any atom is -0.497 e. The third kappa shape index (κ3) is 3.83. The number of carbonyl (C=O) groups excluding carboxylic acids is 2. The number of hydrogen-bond donors (Lipinski definition) is 1. The lowest BCUT2D eigenvalue weighted by Gasteiger charge is -2.19. The maximum absolute atomic E-state index is 13.6. The molecule has 0 aliphatic carbocycles. The Morgan fingerprint density at radius 2 is 1.41 bits per heavy atom. The fourth-order valence-corrected chi connectivity index (χ4v) is 3.65. The van der Waals surface area contributed by atoms with Crippen molar-refractivity contribution < 1.29 is 19.1 Å². The van der Waals surface area contributed by atoms with E-state index in [1.807, 2.05) is 44.2 Å². The van der Waals surface area contributed by atoms with Crippen molar-refractivity contribution in [2.75, 3.05) is 24.4 Å². The Kier molecular flexibility index (Phi) is 5.69. The highest BCUT2D eigenvalue weighted by Gasteiger charge is 2.41. The number of aryl methyl sites for hydroxylation is 2. The van der Waals surface area contributed by atoms with Crippen LogP contribution in [-0.4, -0.2) is 26.0 Å². The lowest BCUT2D eigenvalue weighted by Crippen LogP contribution is -2.32. The fraction of sp³-hybridized carbons (Fsp3) is 0.154. The van der Waals surface area contributed by atoms with Crippen LogP contribution < -0.4 is 19.7 Å². The first-order valence-corrected chi connectivity index (χ1v) is 10.2. The molecule has 0 bridgehead atoms. The van der Waals surface area contributed by atoms with Crippen molar-refractivity contribution in [2.24, 2.45) is 0 Å². The Bertz CT molecular complexity index is 1210. The quantitative estimate of drug-likeness (QED) is 0.576. The number of hydrogen-bond acceptors (Lipinski definition) is 5. The zero-order chi connectivity index (χ0) is 22.8. The van der Waals surface area contributed by atoms with Crippen LogP contribution in [0.3, 0.4) is 0 Å². The van der Waals surface area contributed by atoms with Gasteiger partial charge in [0.1, 0.15) is 17.2 Å². The molecule has 0 radical (unpaired) electrons. The maximum atomic E-state index is 13.6. The normalized spacial score (nSPS) is 13.6. The van der Waals surface area contributed by atoms with Crippen molar-refractivity contribution in [3.63, 3.8) is 0 Å². The van der Waals surface area contributed by atoms with E-state index in [0.717, 1.165) is 11.1 Å². The lowest BCUT2D eigenvalue weighted by molar-refractivity contribution is -0.120. The van der Waals surface area contributed by atoms with Gasteiger partial charge in [0.05, 0.1) is 25.5 Å². The molecule has 3 aromatic rings. The van der Waals surface area contributed by atoms with E-state index in [1.54, 1.807) is 43.5 Å². The molecule has 0 unspecified atom stereocenters. The predicted molar refractivity (Wildman–Crippen MR) is 125 cm³/mol. The molecule has 0 atom stereocenters. The average molecular weight is 428 g/mol. The van der Waals surface area contributed by atoms with Crippen LogP contribution in [0.1, 0.15) is 16.7 Å². The van der Waals surface area contributed by atoms with Crippen LogP contribution in [-0.2, 0) is 9.59 Å². The molecular formula is C26H24N2O4. The highest BCUT2D eigenvalue weighted by atomic mass is 16.5. The van der Waals surface area contributed by atoms with Crippen LogP contribution in [0.4, 0.5) is 11.4 Å². The molecular weight excluding hydrogens is 404 g/mol. The van der Waals surface area contributed by atoms with E-state index in [4.69, 9.17) is 9.47 Å². The Hall–Kier alpha value is -4.06. The van der Waals surface area contributed by atoms with Gasteiger partial charge in [0.25, 0.3) is 11.8 Å². The molecule has 4 rings (SSSR count). The first-order chi connectivity index (χ1) is 15.4. The van der Waals surface area contributed by atoms with Gasteiger partial charge in [-0.1, -0.05) is 35.9 Å². The summed E-state index contributed by atoms with van der Waals surface area (Å²) in [6.07, 6.45) is 0. The summed E-state index contributed by atoms with van der Waals surface area (Å²) in [6, 6.07) is 20.1. The minimum atomic E-state index is -0.440. The van der Waals surface area contributed by atoms with Crippen molar-refractivity contribution >= 4 is 28.8 Å². The van der Waals surface area contributed by atoms with Crippen molar-refractivity contribution in [1.82, 2.24) is 0 Å². The number of methoxy groups -OCH3 is 2. The molecule has 32 heavy (non-hydrogen) atoms. The Morgan fingerprint density at radius 1 is 0.750 bits per heavy atom. The molecule has 0 spiro atoms. The number of rotatable bonds is 6. The molecule has 0 fully saturated rings. The van der Waals surface area contributed by atoms with Crippen LogP contribution in [0.15, 0.2) is 72.4 Å². The topological polar surface area (TPSA) is 67.9 Å². The Morgan fingerprint density at radius 3 is 2.03 bits per heavy atom. The summed E-state index contributed by atoms with van der Waals surface area (Å²) < 4.78 is 10.7. The summed E-state index contributed by atoms with van der Waals surface area (Å²) in [5, 5.41) is 3.16. The van der Waals surface area contributed by atoms with Gasteiger partial charge in [0, 0.05) is 5.69 Å². The van der Waals surface area contributed by atoms with Crippen molar-refractivity contribution in [3.8, 4) is 11.5 Å². The Balaban J connectivity index is 1.83. The molecule has 6 heteroatoms. The van der Waals surface area contributed by atoms with E-state index in [-0.39, 0.29) is 5.70 Å². The largest absolute Gasteiger partial charge is 0.497 e. The summed E-state index contributed by atoms with van der Waals surface area (Å²) in [5.74, 6) is 0.304.